The summed E-state index contributed by atoms with van der Waals surface area (Å²) < 4.78 is 9.41. The van der Waals surface area contributed by atoms with Crippen LogP contribution in [0.1, 0.15) is 13.8 Å². The van der Waals surface area contributed by atoms with Gasteiger partial charge in [-0.25, -0.2) is 9.59 Å². The van der Waals surface area contributed by atoms with E-state index < -0.39 is 11.9 Å². The number of rotatable bonds is 6. The maximum Gasteiger partial charge on any atom is 0.336 e. The molecule has 0 aliphatic carbocycles. The molecule has 6 heteroatoms. The van der Waals surface area contributed by atoms with Gasteiger partial charge < -0.3 is 19.7 Å². The summed E-state index contributed by atoms with van der Waals surface area (Å²) in [6.45, 7) is 2.51. The molecule has 0 saturated carbocycles. The van der Waals surface area contributed by atoms with E-state index in [1.165, 1.54) is 26.0 Å². The lowest BCUT2D eigenvalue weighted by Crippen LogP contribution is -2.03. The second-order valence-electron chi connectivity index (χ2n) is 3.17. The molecule has 0 spiro atoms. The summed E-state index contributed by atoms with van der Waals surface area (Å²) >= 11 is 0. The number of hydrogen-bond acceptors (Lipinski definition) is 6. The minimum absolute atomic E-state index is 0.233. The second kappa shape index (κ2) is 9.15. The van der Waals surface area contributed by atoms with Crippen LogP contribution in [0, 0.1) is 0 Å². The number of aliphatic hydroxyl groups is 2. The van der Waals surface area contributed by atoms with E-state index in [0.29, 0.717) is 0 Å². The molecule has 0 aliphatic heterocycles. The summed E-state index contributed by atoms with van der Waals surface area (Å²) in [5, 5.41) is 17.1. The van der Waals surface area contributed by atoms with Crippen molar-refractivity contribution in [2.24, 2.45) is 0 Å². The van der Waals surface area contributed by atoms with Crippen LogP contribution in [-0.4, -0.2) is 35.4 Å². The number of aliphatic hydroxyl groups excluding tert-OH is 2. The molecular formula is C12H16O6. The highest BCUT2D eigenvalue weighted by atomic mass is 16.5. The van der Waals surface area contributed by atoms with Gasteiger partial charge in [-0.3, -0.25) is 0 Å². The quantitative estimate of drug-likeness (QED) is 0.406. The van der Waals surface area contributed by atoms with E-state index in [4.69, 9.17) is 19.7 Å². The molecule has 0 atom stereocenters. The highest BCUT2D eigenvalue weighted by Crippen LogP contribution is 1.99. The molecule has 0 heterocycles. The van der Waals surface area contributed by atoms with E-state index in [0.717, 1.165) is 12.2 Å². The molecule has 0 bridgehead atoms. The van der Waals surface area contributed by atoms with Gasteiger partial charge in [-0.15, -0.1) is 0 Å². The van der Waals surface area contributed by atoms with Gasteiger partial charge in [0, 0.05) is 12.2 Å². The predicted molar refractivity (Wildman–Crippen MR) is 63.0 cm³/mol. The topological polar surface area (TPSA) is 93.1 Å². The van der Waals surface area contributed by atoms with Crippen molar-refractivity contribution >= 4 is 11.9 Å². The summed E-state index contributed by atoms with van der Waals surface area (Å²) in [7, 11) is 0. The third-order valence-corrected chi connectivity index (χ3v) is 1.64. The van der Waals surface area contributed by atoms with Crippen molar-refractivity contribution in [2.45, 2.75) is 13.8 Å². The SMILES string of the molecule is C/C(=C\CO)OC(=O)/C=C\C(=O)O/C(C)=C/CO. The van der Waals surface area contributed by atoms with Crippen molar-refractivity contribution in [3.05, 3.63) is 35.8 Å². The van der Waals surface area contributed by atoms with E-state index >= 15 is 0 Å². The average Bonchev–Trinajstić information content (AvgIpc) is 2.27. The molecule has 0 aromatic heterocycles. The molecule has 0 saturated heterocycles. The first kappa shape index (κ1) is 16.1. The second-order valence-corrected chi connectivity index (χ2v) is 3.17. The Balaban J connectivity index is 4.23. The third kappa shape index (κ3) is 8.26. The van der Waals surface area contributed by atoms with Crippen LogP contribution >= 0.6 is 0 Å². The van der Waals surface area contributed by atoms with E-state index in [9.17, 15) is 9.59 Å². The first-order valence-corrected chi connectivity index (χ1v) is 5.16. The van der Waals surface area contributed by atoms with Gasteiger partial charge in [0.1, 0.15) is 11.5 Å². The lowest BCUT2D eigenvalue weighted by molar-refractivity contribution is -0.136. The average molecular weight is 256 g/mol. The van der Waals surface area contributed by atoms with Crippen LogP contribution in [0.4, 0.5) is 0 Å². The van der Waals surface area contributed by atoms with Gasteiger partial charge in [0.15, 0.2) is 0 Å². The Bertz CT molecular complexity index is 342. The number of allylic oxidation sites excluding steroid dienone is 2. The van der Waals surface area contributed by atoms with Gasteiger partial charge in [-0.1, -0.05) is 0 Å². The first-order valence-electron chi connectivity index (χ1n) is 5.16. The molecule has 6 nitrogen and oxygen atoms in total. The minimum atomic E-state index is -0.752. The van der Waals surface area contributed by atoms with E-state index in [1.807, 2.05) is 0 Å². The first-order chi connectivity index (χ1) is 8.49. The van der Waals surface area contributed by atoms with Gasteiger partial charge in [-0.05, 0) is 26.0 Å². The zero-order chi connectivity index (χ0) is 14.0. The standard InChI is InChI=1S/C12H16O6/c1-9(5-7-13)17-11(15)3-4-12(16)18-10(2)6-8-14/h3-6,13-14H,7-8H2,1-2H3/b4-3-,9-5+,10-6+. The maximum atomic E-state index is 11.2. The Labute approximate surface area is 105 Å². The smallest absolute Gasteiger partial charge is 0.336 e. The van der Waals surface area contributed by atoms with Crippen molar-refractivity contribution in [2.75, 3.05) is 13.2 Å². The molecule has 0 amide bonds. The summed E-state index contributed by atoms with van der Waals surface area (Å²) in [6.07, 6.45) is 4.42. The van der Waals surface area contributed by atoms with Crippen LogP contribution in [0.2, 0.25) is 0 Å². The van der Waals surface area contributed by atoms with Gasteiger partial charge in [0.25, 0.3) is 0 Å². The van der Waals surface area contributed by atoms with Crippen LogP contribution in [0.25, 0.3) is 0 Å². The van der Waals surface area contributed by atoms with E-state index in [1.54, 1.807) is 0 Å². The molecule has 0 radical (unpaired) electrons. The Kier molecular flexibility index (Phi) is 8.17. The Morgan fingerprint density at radius 1 is 0.889 bits per heavy atom. The normalized spacial score (nSPS) is 12.7. The fraction of sp³-hybridized carbons (Fsp3) is 0.333. The molecule has 0 rings (SSSR count). The number of ether oxygens (including phenoxy) is 2. The summed E-state index contributed by atoms with van der Waals surface area (Å²) in [5.74, 6) is -1.04. The van der Waals surface area contributed by atoms with Gasteiger partial charge in [0.2, 0.25) is 0 Å². The van der Waals surface area contributed by atoms with Gasteiger partial charge in [0.05, 0.1) is 13.2 Å². The molecule has 0 unspecified atom stereocenters. The monoisotopic (exact) mass is 256 g/mol. The Hall–Kier alpha value is -1.92. The molecule has 0 aliphatic rings. The number of hydrogen-bond donors (Lipinski definition) is 2. The summed E-state index contributed by atoms with van der Waals surface area (Å²) in [4.78, 5) is 22.3. The van der Waals surface area contributed by atoms with Gasteiger partial charge in [-0.2, -0.15) is 0 Å². The molecule has 0 aromatic rings. The van der Waals surface area contributed by atoms with Crippen molar-refractivity contribution in [3.63, 3.8) is 0 Å². The molecule has 0 fully saturated rings. The van der Waals surface area contributed by atoms with Gasteiger partial charge >= 0.3 is 11.9 Å². The zero-order valence-electron chi connectivity index (χ0n) is 10.3. The molecule has 0 aromatic carbocycles. The van der Waals surface area contributed by atoms with Crippen LogP contribution < -0.4 is 0 Å². The Morgan fingerprint density at radius 2 is 1.22 bits per heavy atom. The lowest BCUT2D eigenvalue weighted by Gasteiger charge is -2.01. The van der Waals surface area contributed by atoms with Crippen LogP contribution in [0.15, 0.2) is 35.8 Å². The number of carbonyl (C=O) groups is 2. The van der Waals surface area contributed by atoms with E-state index in [-0.39, 0.29) is 24.7 Å². The number of carbonyl (C=O) groups excluding carboxylic acids is 2. The lowest BCUT2D eigenvalue weighted by atomic mass is 10.4. The van der Waals surface area contributed by atoms with Crippen molar-refractivity contribution < 1.29 is 29.3 Å². The van der Waals surface area contributed by atoms with Crippen molar-refractivity contribution in [1.29, 1.82) is 0 Å². The van der Waals surface area contributed by atoms with Crippen molar-refractivity contribution in [3.8, 4) is 0 Å². The van der Waals surface area contributed by atoms with Crippen LogP contribution in [0.3, 0.4) is 0 Å². The van der Waals surface area contributed by atoms with E-state index in [2.05, 4.69) is 0 Å². The zero-order valence-corrected chi connectivity index (χ0v) is 10.3. The fourth-order valence-corrected chi connectivity index (χ4v) is 0.862. The molecule has 100 valence electrons. The summed E-state index contributed by atoms with van der Waals surface area (Å²) in [6, 6.07) is 0. The third-order valence-electron chi connectivity index (χ3n) is 1.64. The fourth-order valence-electron chi connectivity index (χ4n) is 0.862. The Morgan fingerprint density at radius 3 is 1.50 bits per heavy atom. The molecule has 18 heavy (non-hydrogen) atoms. The number of esters is 2. The summed E-state index contributed by atoms with van der Waals surface area (Å²) in [5.41, 5.74) is 0. The maximum absolute atomic E-state index is 11.2. The van der Waals surface area contributed by atoms with Crippen molar-refractivity contribution in [1.82, 2.24) is 0 Å². The molecular weight excluding hydrogens is 240 g/mol. The highest BCUT2D eigenvalue weighted by molar-refractivity contribution is 5.92. The highest BCUT2D eigenvalue weighted by Gasteiger charge is 2.02. The minimum Gasteiger partial charge on any atom is -0.428 e. The largest absolute Gasteiger partial charge is 0.428 e. The predicted octanol–water partition coefficient (Wildman–Crippen LogP) is 0.421. The molecule has 2 N–H and O–H groups in total. The van der Waals surface area contributed by atoms with Crippen LogP contribution in [-0.2, 0) is 19.1 Å². The van der Waals surface area contributed by atoms with Crippen LogP contribution in [0.5, 0.6) is 0 Å².